The quantitative estimate of drug-likeness (QED) is 0.0970. The number of rotatable bonds is 12. The minimum absolute atomic E-state index is 0. The van der Waals surface area contributed by atoms with Crippen molar-refractivity contribution in [1.82, 2.24) is 9.97 Å². The predicted molar refractivity (Wildman–Crippen MR) is 217 cm³/mol. The van der Waals surface area contributed by atoms with E-state index in [1.807, 2.05) is 60.7 Å². The number of halogens is 2. The molecule has 2 aromatic heterocycles. The Morgan fingerprint density at radius 1 is 0.373 bits per heavy atom. The predicted octanol–water partition coefficient (Wildman–Crippen LogP) is 12.0. The number of anilines is 4. The molecule has 0 saturated carbocycles. The highest BCUT2D eigenvalue weighted by molar-refractivity contribution is 6.10. The summed E-state index contributed by atoms with van der Waals surface area (Å²) in [6.45, 7) is 1.24. The number of para-hydroxylation sites is 8. The first kappa shape index (κ1) is 35.3. The van der Waals surface area contributed by atoms with Gasteiger partial charge in [-0.05, 0) is 67.8 Å². The van der Waals surface area contributed by atoms with E-state index in [2.05, 4.69) is 95.6 Å². The van der Waals surface area contributed by atoms with Gasteiger partial charge in [0.2, 0.25) is 0 Å². The molecule has 51 heavy (non-hydrogen) atoms. The number of pyridine rings is 2. The first-order valence-electron chi connectivity index (χ1n) is 16.8. The standard InChI is InChI=1S/C43H36N4O2.2ClH/c1(14-28-48-40-26-12-10-24-38(40)46-42-30-16-2-6-20-34(30)44-35-21-7-3-17-31(35)42)15-29-49-41-27-13-11-25-39(41)47-43-32-18-4-8-22-36(32)45-37-23-9-5-19-33(37)43;;/h2-13,16-27H,1,14-15,28-29H2,(H,44,46)(H,45,47);2*1H. The van der Waals surface area contributed by atoms with Crippen LogP contribution in [0.4, 0.5) is 22.7 Å². The van der Waals surface area contributed by atoms with Gasteiger partial charge in [-0.15, -0.1) is 24.8 Å². The fourth-order valence-corrected chi connectivity index (χ4v) is 6.36. The minimum atomic E-state index is 0. The Morgan fingerprint density at radius 2 is 0.686 bits per heavy atom. The van der Waals surface area contributed by atoms with Gasteiger partial charge in [0.05, 0.1) is 58.0 Å². The van der Waals surface area contributed by atoms with Gasteiger partial charge in [-0.3, -0.25) is 0 Å². The molecule has 6 aromatic carbocycles. The van der Waals surface area contributed by atoms with Crippen LogP contribution in [0.3, 0.4) is 0 Å². The van der Waals surface area contributed by atoms with Crippen LogP contribution in [0.25, 0.3) is 43.6 Å². The van der Waals surface area contributed by atoms with Crippen molar-refractivity contribution in [1.29, 1.82) is 0 Å². The lowest BCUT2D eigenvalue weighted by atomic mass is 10.1. The van der Waals surface area contributed by atoms with E-state index in [0.29, 0.717) is 13.2 Å². The van der Waals surface area contributed by atoms with E-state index in [9.17, 15) is 0 Å². The van der Waals surface area contributed by atoms with Crippen LogP contribution in [0.1, 0.15) is 19.3 Å². The van der Waals surface area contributed by atoms with Crippen molar-refractivity contribution in [3.63, 3.8) is 0 Å². The molecule has 0 atom stereocenters. The van der Waals surface area contributed by atoms with Gasteiger partial charge in [0, 0.05) is 21.5 Å². The van der Waals surface area contributed by atoms with Gasteiger partial charge in [0.1, 0.15) is 11.5 Å². The van der Waals surface area contributed by atoms with Gasteiger partial charge in [-0.25, -0.2) is 9.97 Å². The number of fused-ring (bicyclic) bond motifs is 4. The molecule has 0 aliphatic rings. The van der Waals surface area contributed by atoms with Crippen LogP contribution in [-0.4, -0.2) is 23.2 Å². The highest BCUT2D eigenvalue weighted by Crippen LogP contribution is 2.37. The Kier molecular flexibility index (Phi) is 11.4. The lowest BCUT2D eigenvalue weighted by Gasteiger charge is -2.17. The van der Waals surface area contributed by atoms with Crippen molar-refractivity contribution in [2.75, 3.05) is 23.8 Å². The molecule has 8 heteroatoms. The number of nitrogens with one attached hydrogen (secondary N) is 2. The zero-order valence-corrected chi connectivity index (χ0v) is 29.6. The van der Waals surface area contributed by atoms with Gasteiger partial charge < -0.3 is 20.1 Å². The molecule has 0 fully saturated rings. The van der Waals surface area contributed by atoms with Crippen LogP contribution >= 0.6 is 24.8 Å². The molecule has 0 amide bonds. The number of benzene rings is 6. The summed E-state index contributed by atoms with van der Waals surface area (Å²) in [4.78, 5) is 9.73. The van der Waals surface area contributed by atoms with E-state index < -0.39 is 0 Å². The monoisotopic (exact) mass is 712 g/mol. The summed E-state index contributed by atoms with van der Waals surface area (Å²) in [5, 5.41) is 11.7. The summed E-state index contributed by atoms with van der Waals surface area (Å²) >= 11 is 0. The lowest BCUT2D eigenvalue weighted by molar-refractivity contribution is 0.281. The SMILES string of the molecule is Cl.Cl.c1ccc(OCCCCCOc2ccccc2Nc2c3ccccc3nc3ccccc23)c(Nc2c3ccccc3nc3ccccc23)c1. The maximum Gasteiger partial charge on any atom is 0.142 e. The first-order valence-corrected chi connectivity index (χ1v) is 16.8. The van der Waals surface area contributed by atoms with E-state index in [0.717, 1.165) is 97.1 Å². The van der Waals surface area contributed by atoms with Crippen molar-refractivity contribution >= 4 is 91.2 Å². The summed E-state index contributed by atoms with van der Waals surface area (Å²) in [5.74, 6) is 1.67. The van der Waals surface area contributed by atoms with Crippen LogP contribution in [0, 0.1) is 0 Å². The van der Waals surface area contributed by atoms with Crippen LogP contribution in [0.15, 0.2) is 146 Å². The van der Waals surface area contributed by atoms with Gasteiger partial charge >= 0.3 is 0 Å². The largest absolute Gasteiger partial charge is 0.491 e. The highest BCUT2D eigenvalue weighted by atomic mass is 35.5. The summed E-state index contributed by atoms with van der Waals surface area (Å²) in [5.41, 5.74) is 7.79. The second kappa shape index (κ2) is 16.4. The molecule has 0 spiro atoms. The molecule has 0 bridgehead atoms. The van der Waals surface area contributed by atoms with E-state index in [-0.39, 0.29) is 24.8 Å². The van der Waals surface area contributed by atoms with Gasteiger partial charge in [-0.1, -0.05) is 97.1 Å². The Morgan fingerprint density at radius 3 is 1.06 bits per heavy atom. The second-order valence-corrected chi connectivity index (χ2v) is 12.0. The number of ether oxygens (including phenoxy) is 2. The van der Waals surface area contributed by atoms with E-state index in [1.165, 1.54) is 0 Å². The van der Waals surface area contributed by atoms with Crippen LogP contribution < -0.4 is 20.1 Å². The zero-order valence-electron chi connectivity index (χ0n) is 27.9. The minimum Gasteiger partial charge on any atom is -0.491 e. The average Bonchev–Trinajstić information content (AvgIpc) is 3.15. The third-order valence-corrected chi connectivity index (χ3v) is 8.77. The fourth-order valence-electron chi connectivity index (χ4n) is 6.36. The van der Waals surface area contributed by atoms with Crippen molar-refractivity contribution in [3.05, 3.63) is 146 Å². The second-order valence-electron chi connectivity index (χ2n) is 12.0. The maximum absolute atomic E-state index is 6.32. The van der Waals surface area contributed by atoms with Gasteiger partial charge in [0.15, 0.2) is 0 Å². The Balaban J connectivity index is 0.00000224. The summed E-state index contributed by atoms with van der Waals surface area (Å²) in [6.07, 6.45) is 2.84. The molecule has 0 aliphatic carbocycles. The molecule has 0 saturated heterocycles. The lowest BCUT2D eigenvalue weighted by Crippen LogP contribution is -2.04. The number of hydrogen-bond acceptors (Lipinski definition) is 6. The summed E-state index contributed by atoms with van der Waals surface area (Å²) < 4.78 is 12.6. The molecule has 2 N–H and O–H groups in total. The first-order chi connectivity index (χ1) is 24.3. The number of hydrogen-bond donors (Lipinski definition) is 2. The van der Waals surface area contributed by atoms with E-state index in [1.54, 1.807) is 0 Å². The molecule has 8 aromatic rings. The van der Waals surface area contributed by atoms with Gasteiger partial charge in [-0.2, -0.15) is 0 Å². The van der Waals surface area contributed by atoms with Crippen molar-refractivity contribution in [2.45, 2.75) is 19.3 Å². The van der Waals surface area contributed by atoms with Gasteiger partial charge in [0.25, 0.3) is 0 Å². The normalized spacial score (nSPS) is 10.8. The summed E-state index contributed by atoms with van der Waals surface area (Å²) in [7, 11) is 0. The Bertz CT molecular complexity index is 2140. The molecule has 0 aliphatic heterocycles. The highest BCUT2D eigenvalue weighted by Gasteiger charge is 2.13. The van der Waals surface area contributed by atoms with Crippen LogP contribution in [-0.2, 0) is 0 Å². The van der Waals surface area contributed by atoms with Crippen molar-refractivity contribution < 1.29 is 9.47 Å². The van der Waals surface area contributed by atoms with Crippen molar-refractivity contribution in [2.24, 2.45) is 0 Å². The topological polar surface area (TPSA) is 68.3 Å². The molecule has 2 heterocycles. The van der Waals surface area contributed by atoms with E-state index in [4.69, 9.17) is 19.4 Å². The Labute approximate surface area is 309 Å². The fraction of sp³-hybridized carbons (Fsp3) is 0.116. The number of aromatic nitrogens is 2. The smallest absolute Gasteiger partial charge is 0.142 e. The Hall–Kier alpha value is -5.56. The zero-order chi connectivity index (χ0) is 32.8. The molecule has 256 valence electrons. The molecule has 0 radical (unpaired) electrons. The third kappa shape index (κ3) is 7.63. The molecule has 8 rings (SSSR count). The maximum atomic E-state index is 6.32. The van der Waals surface area contributed by atoms with Crippen LogP contribution in [0.5, 0.6) is 11.5 Å². The third-order valence-electron chi connectivity index (χ3n) is 8.77. The van der Waals surface area contributed by atoms with Crippen LogP contribution in [0.2, 0.25) is 0 Å². The molecule has 0 unspecified atom stereocenters. The summed E-state index contributed by atoms with van der Waals surface area (Å²) in [6, 6.07) is 49.2. The van der Waals surface area contributed by atoms with Crippen molar-refractivity contribution in [3.8, 4) is 11.5 Å². The molecule has 6 nitrogen and oxygen atoms in total. The average molecular weight is 714 g/mol. The number of unbranched alkanes of at least 4 members (excludes halogenated alkanes) is 2. The molecular formula is C43H38Cl2N4O2. The van der Waals surface area contributed by atoms with E-state index >= 15 is 0 Å². The number of nitrogens with zero attached hydrogens (tertiary/aromatic N) is 2. The molecular weight excluding hydrogens is 675 g/mol.